The van der Waals surface area contributed by atoms with Gasteiger partial charge in [0.15, 0.2) is 0 Å². The van der Waals surface area contributed by atoms with Crippen molar-refractivity contribution < 1.29 is 0 Å². The fourth-order valence-electron chi connectivity index (χ4n) is 8.01. The first-order valence-corrected chi connectivity index (χ1v) is 18.4. The number of hydrogen-bond acceptors (Lipinski definition) is 0. The van der Waals surface area contributed by atoms with Crippen molar-refractivity contribution in [2.24, 2.45) is 0 Å². The predicted octanol–water partition coefficient (Wildman–Crippen LogP) is 11.5. The maximum Gasteiger partial charge on any atom is 0.0366 e. The molecule has 200 valence electrons. The molecule has 6 rings (SSSR count). The molecule has 37 heavy (non-hydrogen) atoms. The van der Waals surface area contributed by atoms with E-state index < -0.39 is 10.0 Å². The average molecular weight is 645 g/mol. The smallest absolute Gasteiger partial charge is 0.0366 e. The van der Waals surface area contributed by atoms with Crippen LogP contribution in [-0.2, 0) is 25.7 Å². The molecule has 0 fully saturated rings. The molecule has 0 nitrogen and oxygen atoms in total. The van der Waals surface area contributed by atoms with Crippen LogP contribution in [0.2, 0.25) is 0 Å². The number of halogens is 2. The van der Waals surface area contributed by atoms with Crippen LogP contribution in [0.4, 0.5) is 0 Å². The van der Waals surface area contributed by atoms with E-state index in [1.807, 2.05) is 13.8 Å². The lowest BCUT2D eigenvalue weighted by molar-refractivity contribution is 0.681. The maximum atomic E-state index is 4.03. The molecule has 3 heteroatoms. The Balaban J connectivity index is 0.00000137. The third-order valence-electron chi connectivity index (χ3n) is 9.50. The summed E-state index contributed by atoms with van der Waals surface area (Å²) in [6.07, 6.45) is 15.5. The van der Waals surface area contributed by atoms with Crippen LogP contribution in [0.5, 0.6) is 0 Å². The number of benzene rings is 2. The van der Waals surface area contributed by atoms with E-state index in [1.54, 1.807) is 55.7 Å². The molecule has 0 radical (unpaired) electrons. The van der Waals surface area contributed by atoms with Gasteiger partial charge in [-0.1, -0.05) is 82.9 Å². The standard InChI is InChI=1S/C32H38Br2S.C2H6/c1-5-35(6-2,31-19(3)15-25-21-11-7-9-13-23(21)29(33)17-27(25)31)32-20(4)16-26-22-12-8-10-14-24(22)30(34)18-28(26)32;1-2/h15-18,31-32H,5-14H2,1-4H3;1-2H3. The third-order valence-corrected chi connectivity index (χ3v) is 16.2. The van der Waals surface area contributed by atoms with Crippen molar-refractivity contribution in [3.8, 4) is 0 Å². The van der Waals surface area contributed by atoms with Crippen molar-refractivity contribution in [1.82, 2.24) is 0 Å². The summed E-state index contributed by atoms with van der Waals surface area (Å²) in [6, 6.07) is 5.09. The van der Waals surface area contributed by atoms with Gasteiger partial charge < -0.3 is 0 Å². The van der Waals surface area contributed by atoms with E-state index in [1.165, 1.54) is 71.8 Å². The summed E-state index contributed by atoms with van der Waals surface area (Å²) in [5, 5.41) is 1.12. The van der Waals surface area contributed by atoms with Crippen LogP contribution in [0.1, 0.15) is 122 Å². The summed E-state index contributed by atoms with van der Waals surface area (Å²) in [7, 11) is -1.02. The van der Waals surface area contributed by atoms with Crippen LogP contribution in [0.25, 0.3) is 12.2 Å². The van der Waals surface area contributed by atoms with Crippen molar-refractivity contribution in [3.05, 3.63) is 76.7 Å². The lowest BCUT2D eigenvalue weighted by Gasteiger charge is -2.51. The molecule has 0 bridgehead atoms. The average Bonchev–Trinajstić information content (AvgIpc) is 3.44. The van der Waals surface area contributed by atoms with E-state index in [-0.39, 0.29) is 0 Å². The van der Waals surface area contributed by atoms with E-state index in [4.69, 9.17) is 0 Å². The highest BCUT2D eigenvalue weighted by Gasteiger charge is 2.46. The Hall–Kier alpha value is -0.770. The van der Waals surface area contributed by atoms with Gasteiger partial charge >= 0.3 is 0 Å². The molecule has 4 aliphatic rings. The summed E-state index contributed by atoms with van der Waals surface area (Å²) in [5.41, 5.74) is 16.2. The summed E-state index contributed by atoms with van der Waals surface area (Å²) in [5.74, 6) is 2.55. The van der Waals surface area contributed by atoms with Crippen LogP contribution >= 0.6 is 41.9 Å². The van der Waals surface area contributed by atoms with Crippen molar-refractivity contribution in [1.29, 1.82) is 0 Å². The quantitative estimate of drug-likeness (QED) is 0.311. The fourth-order valence-corrected chi connectivity index (χ4v) is 14.4. The third kappa shape index (κ3) is 4.29. The van der Waals surface area contributed by atoms with Crippen LogP contribution in [-0.4, -0.2) is 11.5 Å². The topological polar surface area (TPSA) is 0 Å². The molecule has 0 aliphatic heterocycles. The van der Waals surface area contributed by atoms with Gasteiger partial charge in [-0.2, -0.15) is 0 Å². The fraction of sp³-hybridized carbons (Fsp3) is 0.529. The van der Waals surface area contributed by atoms with E-state index in [9.17, 15) is 0 Å². The van der Waals surface area contributed by atoms with Gasteiger partial charge in [-0.15, -0.1) is 0 Å². The minimum Gasteiger partial charge on any atom is -0.220 e. The molecule has 4 aliphatic carbocycles. The first-order chi connectivity index (χ1) is 17.9. The summed E-state index contributed by atoms with van der Waals surface area (Å²) in [6.45, 7) is 13.9. The molecule has 0 saturated heterocycles. The van der Waals surface area contributed by atoms with Crippen molar-refractivity contribution in [3.63, 3.8) is 0 Å². The van der Waals surface area contributed by atoms with Crippen LogP contribution < -0.4 is 0 Å². The summed E-state index contributed by atoms with van der Waals surface area (Å²) < 4.78 is 2.74. The molecular weight excluding hydrogens is 600 g/mol. The van der Waals surface area contributed by atoms with Crippen LogP contribution in [0, 0.1) is 0 Å². The molecule has 2 aromatic carbocycles. The van der Waals surface area contributed by atoms with E-state index in [0.29, 0.717) is 10.5 Å². The first kappa shape index (κ1) is 27.8. The maximum absolute atomic E-state index is 4.03. The van der Waals surface area contributed by atoms with Gasteiger partial charge in [0, 0.05) is 19.4 Å². The molecule has 0 N–H and O–H groups in total. The van der Waals surface area contributed by atoms with Crippen molar-refractivity contribution in [2.45, 2.75) is 103 Å². The SMILES string of the molecule is CC.CCS(CC)(C1C(C)=Cc2c1cc(Br)c1c2CCCC1)C1C(C)=Cc2c1cc(Br)c1c2CCCC1. The zero-order valence-electron chi connectivity index (χ0n) is 23.7. The normalized spacial score (nSPS) is 22.2. The molecule has 0 spiro atoms. The first-order valence-electron chi connectivity index (χ1n) is 14.7. The second-order valence-corrected chi connectivity index (χ2v) is 17.0. The molecule has 0 saturated carbocycles. The molecule has 2 atom stereocenters. The van der Waals surface area contributed by atoms with Gasteiger partial charge in [0.25, 0.3) is 0 Å². The number of rotatable bonds is 4. The van der Waals surface area contributed by atoms with Crippen LogP contribution in [0.3, 0.4) is 0 Å². The van der Waals surface area contributed by atoms with Gasteiger partial charge in [-0.3, -0.25) is 0 Å². The van der Waals surface area contributed by atoms with Crippen LogP contribution in [0.15, 0.2) is 32.2 Å². The highest BCUT2D eigenvalue weighted by Crippen LogP contribution is 2.76. The highest BCUT2D eigenvalue weighted by molar-refractivity contribution is 9.10. The predicted molar refractivity (Wildman–Crippen MR) is 174 cm³/mol. The number of hydrogen-bond donors (Lipinski definition) is 0. The Morgan fingerprint density at radius 3 is 1.35 bits per heavy atom. The van der Waals surface area contributed by atoms with Gasteiger partial charge in [0.1, 0.15) is 0 Å². The molecule has 2 unspecified atom stereocenters. The Morgan fingerprint density at radius 1 is 0.649 bits per heavy atom. The highest BCUT2D eigenvalue weighted by atomic mass is 79.9. The molecule has 0 heterocycles. The second kappa shape index (κ2) is 11.0. The molecule has 0 amide bonds. The Labute approximate surface area is 244 Å². The zero-order valence-corrected chi connectivity index (χ0v) is 27.7. The lowest BCUT2D eigenvalue weighted by atomic mass is 9.87. The molecular formula is C34H44Br2S. The van der Waals surface area contributed by atoms with E-state index >= 15 is 0 Å². The largest absolute Gasteiger partial charge is 0.220 e. The van der Waals surface area contributed by atoms with Crippen molar-refractivity contribution >= 4 is 54.0 Å². The Morgan fingerprint density at radius 2 is 1.00 bits per heavy atom. The van der Waals surface area contributed by atoms with E-state index in [0.717, 1.165) is 0 Å². The zero-order chi connectivity index (χ0) is 26.5. The van der Waals surface area contributed by atoms with Gasteiger partial charge in [0.05, 0.1) is 0 Å². The molecule has 0 aromatic heterocycles. The Kier molecular flexibility index (Phi) is 8.27. The summed E-state index contributed by atoms with van der Waals surface area (Å²) in [4.78, 5) is 0. The second-order valence-electron chi connectivity index (χ2n) is 11.2. The summed E-state index contributed by atoms with van der Waals surface area (Å²) >= 11 is 8.07. The Bertz CT molecular complexity index is 1180. The number of fused-ring (bicyclic) bond motifs is 6. The molecule has 2 aromatic rings. The van der Waals surface area contributed by atoms with Crippen molar-refractivity contribution in [2.75, 3.05) is 11.5 Å². The monoisotopic (exact) mass is 642 g/mol. The minimum atomic E-state index is -1.02. The minimum absolute atomic E-state index is 0.560. The lowest BCUT2D eigenvalue weighted by Crippen LogP contribution is -2.23. The van der Waals surface area contributed by atoms with Gasteiger partial charge in [-0.05, 0) is 133 Å². The van der Waals surface area contributed by atoms with E-state index in [2.05, 4.69) is 83.8 Å². The van der Waals surface area contributed by atoms with Gasteiger partial charge in [0.2, 0.25) is 0 Å². The van der Waals surface area contributed by atoms with Gasteiger partial charge in [-0.25, -0.2) is 10.0 Å².